The highest BCUT2D eigenvalue weighted by molar-refractivity contribution is 9.10. The normalized spacial score (nSPS) is 11.4. The molecule has 0 bridgehead atoms. The molecule has 1 aromatic heterocycles. The van der Waals surface area contributed by atoms with Crippen LogP contribution >= 0.6 is 27.5 Å². The van der Waals surface area contributed by atoms with E-state index < -0.39 is 0 Å². The summed E-state index contributed by atoms with van der Waals surface area (Å²) in [4.78, 5) is 3.63. The molecule has 5 heteroatoms. The summed E-state index contributed by atoms with van der Waals surface area (Å²) in [7, 11) is 1.73. The molecule has 0 unspecified atom stereocenters. The summed E-state index contributed by atoms with van der Waals surface area (Å²) in [5.74, 6) is 0.881. The van der Waals surface area contributed by atoms with E-state index in [1.807, 2.05) is 24.3 Å². The van der Waals surface area contributed by atoms with Crippen LogP contribution in [0.1, 0.15) is 18.4 Å². The average Bonchev–Trinajstić information content (AvgIpc) is 3.06. The van der Waals surface area contributed by atoms with E-state index in [-0.39, 0.29) is 0 Å². The van der Waals surface area contributed by atoms with Crippen molar-refractivity contribution in [3.05, 3.63) is 63.6 Å². The van der Waals surface area contributed by atoms with Crippen LogP contribution in [0.15, 0.2) is 53.0 Å². The molecular formula is C23H22BrClN2O. The van der Waals surface area contributed by atoms with Crippen molar-refractivity contribution < 1.29 is 4.74 Å². The number of benzene rings is 3. The van der Waals surface area contributed by atoms with Gasteiger partial charge in [0.1, 0.15) is 5.75 Å². The highest BCUT2D eigenvalue weighted by Crippen LogP contribution is 2.42. The number of unbranched alkanes of at least 4 members (excludes halogenated alkanes) is 1. The average molecular weight is 458 g/mol. The number of nitrogens with one attached hydrogen (secondary N) is 1. The van der Waals surface area contributed by atoms with Gasteiger partial charge in [0.2, 0.25) is 0 Å². The summed E-state index contributed by atoms with van der Waals surface area (Å²) in [5, 5.41) is 4.12. The zero-order valence-electron chi connectivity index (χ0n) is 15.7. The first-order valence-electron chi connectivity index (χ1n) is 9.39. The number of aryl methyl sites for hydroxylation is 1. The Morgan fingerprint density at radius 1 is 1.07 bits per heavy atom. The summed E-state index contributed by atoms with van der Waals surface area (Å²) in [6.45, 7) is 0.696. The second kappa shape index (κ2) is 8.16. The Bertz CT molecular complexity index is 1150. The number of nitrogens with two attached hydrogens (primary N) is 1. The van der Waals surface area contributed by atoms with Gasteiger partial charge in [-0.3, -0.25) is 0 Å². The van der Waals surface area contributed by atoms with Crippen LogP contribution in [0, 0.1) is 0 Å². The molecule has 3 N–H and O–H groups in total. The van der Waals surface area contributed by atoms with E-state index in [2.05, 4.69) is 45.2 Å². The quantitative estimate of drug-likeness (QED) is 0.317. The smallest absolute Gasteiger partial charge is 0.136 e. The van der Waals surface area contributed by atoms with Crippen molar-refractivity contribution in [2.75, 3.05) is 13.7 Å². The fraction of sp³-hybridized carbons (Fsp3) is 0.217. The maximum absolute atomic E-state index is 6.36. The Morgan fingerprint density at radius 3 is 2.68 bits per heavy atom. The third-order valence-electron chi connectivity index (χ3n) is 5.17. The number of rotatable bonds is 6. The standard InChI is InChI=1S/C23H22BrClN2O/c1-28-23-16-7-3-2-6-14(16)9-10-18(23)21-17(8-4-5-11-26)19-12-15(25)13-20(24)22(19)27-21/h2-3,6-7,9-10,12-13,27H,4-5,8,11,26H2,1H3. The van der Waals surface area contributed by atoms with E-state index in [9.17, 15) is 0 Å². The number of fused-ring (bicyclic) bond motifs is 2. The number of H-pyrrole nitrogens is 1. The van der Waals surface area contributed by atoms with E-state index in [4.69, 9.17) is 22.1 Å². The molecular weight excluding hydrogens is 436 g/mol. The molecule has 0 aliphatic rings. The largest absolute Gasteiger partial charge is 0.495 e. The van der Waals surface area contributed by atoms with Crippen molar-refractivity contribution >= 4 is 49.2 Å². The van der Waals surface area contributed by atoms with Crippen LogP contribution in [-0.2, 0) is 6.42 Å². The molecule has 0 spiro atoms. The molecule has 28 heavy (non-hydrogen) atoms. The highest BCUT2D eigenvalue weighted by Gasteiger charge is 2.19. The minimum absolute atomic E-state index is 0.696. The van der Waals surface area contributed by atoms with Crippen molar-refractivity contribution in [3.63, 3.8) is 0 Å². The molecule has 1 heterocycles. The van der Waals surface area contributed by atoms with Gasteiger partial charge in [-0.15, -0.1) is 0 Å². The minimum Gasteiger partial charge on any atom is -0.495 e. The van der Waals surface area contributed by atoms with Crippen LogP contribution in [0.3, 0.4) is 0 Å². The van der Waals surface area contributed by atoms with E-state index >= 15 is 0 Å². The third kappa shape index (κ3) is 3.41. The number of ether oxygens (including phenoxy) is 1. The van der Waals surface area contributed by atoms with Gasteiger partial charge in [-0.25, -0.2) is 0 Å². The van der Waals surface area contributed by atoms with Gasteiger partial charge in [0.15, 0.2) is 0 Å². The molecule has 0 fully saturated rings. The Morgan fingerprint density at radius 2 is 1.89 bits per heavy atom. The second-order valence-corrected chi connectivity index (χ2v) is 8.19. The van der Waals surface area contributed by atoms with Gasteiger partial charge >= 0.3 is 0 Å². The summed E-state index contributed by atoms with van der Waals surface area (Å²) >= 11 is 10.0. The predicted octanol–water partition coefficient (Wildman–Crippen LogP) is 6.69. The lowest BCUT2D eigenvalue weighted by Gasteiger charge is -2.13. The Balaban J connectivity index is 1.99. The molecule has 0 aliphatic carbocycles. The van der Waals surface area contributed by atoms with Crippen LogP contribution in [0.25, 0.3) is 32.9 Å². The van der Waals surface area contributed by atoms with E-state index in [0.717, 1.165) is 67.4 Å². The molecule has 0 saturated heterocycles. The molecule has 4 rings (SSSR count). The molecule has 3 nitrogen and oxygen atoms in total. The van der Waals surface area contributed by atoms with Crippen LogP contribution in [0.5, 0.6) is 5.75 Å². The molecule has 0 amide bonds. The summed E-state index contributed by atoms with van der Waals surface area (Å²) in [6, 6.07) is 16.5. The molecule has 144 valence electrons. The molecule has 0 saturated carbocycles. The van der Waals surface area contributed by atoms with Gasteiger partial charge in [0.25, 0.3) is 0 Å². The Hall–Kier alpha value is -2.01. The fourth-order valence-corrected chi connectivity index (χ4v) is 4.78. The zero-order chi connectivity index (χ0) is 19.7. The maximum atomic E-state index is 6.36. The SMILES string of the molecule is COc1c(-c2[nH]c3c(Br)cc(Cl)cc3c2CCCCN)ccc2ccccc12. The third-order valence-corrected chi connectivity index (χ3v) is 6.01. The number of methoxy groups -OCH3 is 1. The number of halogens is 2. The van der Waals surface area contributed by atoms with Gasteiger partial charge in [-0.2, -0.15) is 0 Å². The molecule has 0 atom stereocenters. The van der Waals surface area contributed by atoms with Crippen molar-refractivity contribution in [2.45, 2.75) is 19.3 Å². The van der Waals surface area contributed by atoms with Gasteiger partial charge in [0.05, 0.1) is 18.3 Å². The zero-order valence-corrected chi connectivity index (χ0v) is 18.0. The number of aromatic nitrogens is 1. The monoisotopic (exact) mass is 456 g/mol. The van der Waals surface area contributed by atoms with E-state index in [1.165, 1.54) is 5.56 Å². The lowest BCUT2D eigenvalue weighted by molar-refractivity contribution is 0.421. The maximum Gasteiger partial charge on any atom is 0.136 e. The van der Waals surface area contributed by atoms with E-state index in [1.54, 1.807) is 7.11 Å². The minimum atomic E-state index is 0.696. The van der Waals surface area contributed by atoms with Crippen LogP contribution in [0.4, 0.5) is 0 Å². The number of aromatic amines is 1. The van der Waals surface area contributed by atoms with Gasteiger partial charge in [-0.05, 0) is 70.9 Å². The Labute approximate surface area is 178 Å². The van der Waals surface area contributed by atoms with Gasteiger partial charge < -0.3 is 15.5 Å². The van der Waals surface area contributed by atoms with Crippen molar-refractivity contribution in [1.82, 2.24) is 4.98 Å². The van der Waals surface area contributed by atoms with Gasteiger partial charge in [0, 0.05) is 25.8 Å². The first-order valence-corrected chi connectivity index (χ1v) is 10.6. The molecule has 4 aromatic rings. The topological polar surface area (TPSA) is 51.0 Å². The fourth-order valence-electron chi connectivity index (χ4n) is 3.87. The number of hydrogen-bond acceptors (Lipinski definition) is 2. The highest BCUT2D eigenvalue weighted by atomic mass is 79.9. The van der Waals surface area contributed by atoms with Crippen LogP contribution < -0.4 is 10.5 Å². The lowest BCUT2D eigenvalue weighted by atomic mass is 9.97. The lowest BCUT2D eigenvalue weighted by Crippen LogP contribution is -1.99. The van der Waals surface area contributed by atoms with Crippen LogP contribution in [0.2, 0.25) is 5.02 Å². The molecule has 0 aliphatic heterocycles. The van der Waals surface area contributed by atoms with Gasteiger partial charge in [-0.1, -0.05) is 41.9 Å². The first kappa shape index (κ1) is 19.3. The first-order chi connectivity index (χ1) is 13.6. The Kier molecular flexibility index (Phi) is 5.63. The summed E-state index contributed by atoms with van der Waals surface area (Å²) in [6.07, 6.45) is 2.94. The van der Waals surface area contributed by atoms with Crippen molar-refractivity contribution in [2.24, 2.45) is 5.73 Å². The second-order valence-electron chi connectivity index (χ2n) is 6.90. The van der Waals surface area contributed by atoms with E-state index in [0.29, 0.717) is 6.54 Å². The number of hydrogen-bond donors (Lipinski definition) is 2. The molecule has 3 aromatic carbocycles. The van der Waals surface area contributed by atoms with Crippen LogP contribution in [-0.4, -0.2) is 18.6 Å². The summed E-state index contributed by atoms with van der Waals surface area (Å²) < 4.78 is 6.83. The van der Waals surface area contributed by atoms with Crippen molar-refractivity contribution in [1.29, 1.82) is 0 Å². The predicted molar refractivity (Wildman–Crippen MR) is 122 cm³/mol. The summed E-state index contributed by atoms with van der Waals surface area (Å²) in [5.41, 5.74) is 10.2. The van der Waals surface area contributed by atoms with Crippen molar-refractivity contribution in [3.8, 4) is 17.0 Å². The molecule has 0 radical (unpaired) electrons.